The second-order valence-corrected chi connectivity index (χ2v) is 8.19. The number of thiazole rings is 1. The molecular weight excluding hydrogens is 400 g/mol. The van der Waals surface area contributed by atoms with E-state index >= 15 is 0 Å². The Labute approximate surface area is 175 Å². The molecule has 3 N–H and O–H groups in total. The fourth-order valence-electron chi connectivity index (χ4n) is 3.36. The molecule has 0 radical (unpaired) electrons. The molecule has 0 aromatic carbocycles. The van der Waals surface area contributed by atoms with Gasteiger partial charge in [-0.1, -0.05) is 0 Å². The summed E-state index contributed by atoms with van der Waals surface area (Å²) in [5, 5.41) is 6.78. The van der Waals surface area contributed by atoms with Gasteiger partial charge < -0.3 is 15.0 Å². The summed E-state index contributed by atoms with van der Waals surface area (Å²) >= 11 is 1.52. The van der Waals surface area contributed by atoms with Gasteiger partial charge in [-0.2, -0.15) is 0 Å². The monoisotopic (exact) mass is 426 g/mol. The molecule has 1 aliphatic rings. The summed E-state index contributed by atoms with van der Waals surface area (Å²) in [5.74, 6) is -0.218. The van der Waals surface area contributed by atoms with Crippen molar-refractivity contribution in [2.75, 3.05) is 18.4 Å². The van der Waals surface area contributed by atoms with Crippen molar-refractivity contribution in [2.45, 2.75) is 52.6 Å². The third-order valence-electron chi connectivity index (χ3n) is 4.70. The van der Waals surface area contributed by atoms with Crippen molar-refractivity contribution in [1.82, 2.24) is 15.3 Å². The SMILES string of the molecule is Cc1[nH]c(C(=O)Nc2ncc(C3CCNCC3)s2)c(C)c1C(=O)OC(C)C.Cl. The molecule has 28 heavy (non-hydrogen) atoms. The lowest BCUT2D eigenvalue weighted by molar-refractivity contribution is 0.0376. The third kappa shape index (κ3) is 4.92. The predicted octanol–water partition coefficient (Wildman–Crippen LogP) is 3.79. The highest BCUT2D eigenvalue weighted by Gasteiger charge is 2.24. The Kier molecular flexibility index (Phi) is 7.63. The zero-order valence-corrected chi connectivity index (χ0v) is 18.2. The maximum atomic E-state index is 12.7. The standard InChI is InChI=1S/C19H26N4O3S.ClH/c1-10(2)26-18(25)15-11(3)16(22-12(15)4)17(24)23-19-21-9-14(27-19)13-5-7-20-8-6-13;/h9-10,13,20,22H,5-8H2,1-4H3,(H,21,23,24);1H. The highest BCUT2D eigenvalue weighted by Crippen LogP contribution is 2.32. The number of carbonyl (C=O) groups is 2. The molecule has 0 unspecified atom stereocenters. The molecule has 3 rings (SSSR count). The van der Waals surface area contributed by atoms with Crippen LogP contribution in [0.4, 0.5) is 5.13 Å². The van der Waals surface area contributed by atoms with Crippen LogP contribution in [0, 0.1) is 13.8 Å². The van der Waals surface area contributed by atoms with Crippen LogP contribution in [-0.2, 0) is 4.74 Å². The van der Waals surface area contributed by atoms with Crippen LogP contribution < -0.4 is 10.6 Å². The van der Waals surface area contributed by atoms with Gasteiger partial charge in [-0.15, -0.1) is 23.7 Å². The fraction of sp³-hybridized carbons (Fsp3) is 0.526. The molecule has 0 bridgehead atoms. The Morgan fingerprint density at radius 1 is 1.29 bits per heavy atom. The first-order valence-electron chi connectivity index (χ1n) is 9.24. The van der Waals surface area contributed by atoms with Crippen molar-refractivity contribution in [2.24, 2.45) is 0 Å². The minimum atomic E-state index is -0.419. The van der Waals surface area contributed by atoms with E-state index in [9.17, 15) is 9.59 Å². The summed E-state index contributed by atoms with van der Waals surface area (Å²) in [6.45, 7) is 9.13. The molecule has 2 aromatic heterocycles. The van der Waals surface area contributed by atoms with Crippen LogP contribution in [0.15, 0.2) is 6.20 Å². The maximum Gasteiger partial charge on any atom is 0.340 e. The number of esters is 1. The molecule has 1 saturated heterocycles. The van der Waals surface area contributed by atoms with E-state index in [0.29, 0.717) is 33.6 Å². The zero-order valence-electron chi connectivity index (χ0n) is 16.5. The van der Waals surface area contributed by atoms with Gasteiger partial charge >= 0.3 is 5.97 Å². The summed E-state index contributed by atoms with van der Waals surface area (Å²) in [7, 11) is 0. The Morgan fingerprint density at radius 3 is 2.61 bits per heavy atom. The summed E-state index contributed by atoms with van der Waals surface area (Å²) in [4.78, 5) is 33.5. The number of anilines is 1. The Morgan fingerprint density at radius 2 is 1.96 bits per heavy atom. The number of piperidine rings is 1. The molecule has 2 aromatic rings. The van der Waals surface area contributed by atoms with Crippen LogP contribution in [0.2, 0.25) is 0 Å². The minimum absolute atomic E-state index is 0. The molecule has 0 saturated carbocycles. The predicted molar refractivity (Wildman–Crippen MR) is 113 cm³/mol. The second-order valence-electron chi connectivity index (χ2n) is 7.13. The quantitative estimate of drug-likeness (QED) is 0.632. The smallest absolute Gasteiger partial charge is 0.340 e. The van der Waals surface area contributed by atoms with E-state index in [4.69, 9.17) is 4.74 Å². The van der Waals surface area contributed by atoms with Gasteiger partial charge in [-0.3, -0.25) is 10.1 Å². The van der Waals surface area contributed by atoms with Crippen molar-refractivity contribution >= 4 is 40.8 Å². The van der Waals surface area contributed by atoms with Gasteiger partial charge in [0.2, 0.25) is 0 Å². The summed E-state index contributed by atoms with van der Waals surface area (Å²) in [5.41, 5.74) is 1.99. The Hall–Kier alpha value is -1.90. The van der Waals surface area contributed by atoms with Crippen molar-refractivity contribution in [3.05, 3.63) is 33.6 Å². The number of halogens is 1. The number of aryl methyl sites for hydroxylation is 1. The number of hydrogen-bond acceptors (Lipinski definition) is 6. The third-order valence-corrected chi connectivity index (χ3v) is 5.77. The van der Waals surface area contributed by atoms with Crippen LogP contribution in [0.5, 0.6) is 0 Å². The highest BCUT2D eigenvalue weighted by molar-refractivity contribution is 7.15. The van der Waals surface area contributed by atoms with Crippen molar-refractivity contribution in [1.29, 1.82) is 0 Å². The molecule has 1 amide bonds. The first-order chi connectivity index (χ1) is 12.9. The largest absolute Gasteiger partial charge is 0.459 e. The minimum Gasteiger partial charge on any atom is -0.459 e. The average Bonchev–Trinajstić information content (AvgIpc) is 3.19. The number of nitrogens with zero attached hydrogens (tertiary/aromatic N) is 1. The van der Waals surface area contributed by atoms with E-state index in [-0.39, 0.29) is 24.4 Å². The molecule has 0 spiro atoms. The van der Waals surface area contributed by atoms with E-state index in [1.807, 2.05) is 6.20 Å². The molecule has 154 valence electrons. The number of amides is 1. The topological polar surface area (TPSA) is 96.1 Å². The van der Waals surface area contributed by atoms with E-state index in [1.165, 1.54) is 16.2 Å². The van der Waals surface area contributed by atoms with Crippen molar-refractivity contribution < 1.29 is 14.3 Å². The van der Waals surface area contributed by atoms with E-state index in [2.05, 4.69) is 20.6 Å². The highest BCUT2D eigenvalue weighted by atomic mass is 35.5. The van der Waals surface area contributed by atoms with Crippen LogP contribution in [0.3, 0.4) is 0 Å². The lowest BCUT2D eigenvalue weighted by Gasteiger charge is -2.20. The number of aromatic amines is 1. The molecule has 1 aliphatic heterocycles. The Balaban J connectivity index is 0.00000280. The normalized spacial score (nSPS) is 14.6. The van der Waals surface area contributed by atoms with Crippen LogP contribution in [0.1, 0.15) is 69.6 Å². The molecule has 3 heterocycles. The number of H-pyrrole nitrogens is 1. The first kappa shape index (κ1) is 22.4. The van der Waals surface area contributed by atoms with E-state index in [0.717, 1.165) is 25.9 Å². The second kappa shape index (κ2) is 9.54. The summed E-state index contributed by atoms with van der Waals surface area (Å²) in [6.07, 6.45) is 3.82. The van der Waals surface area contributed by atoms with Gasteiger partial charge in [0.05, 0.1) is 11.7 Å². The lowest BCUT2D eigenvalue weighted by Crippen LogP contribution is -2.26. The molecule has 7 nitrogen and oxygen atoms in total. The van der Waals surface area contributed by atoms with Crippen LogP contribution in [0.25, 0.3) is 0 Å². The number of rotatable bonds is 5. The van der Waals surface area contributed by atoms with E-state index < -0.39 is 5.97 Å². The molecule has 0 atom stereocenters. The molecule has 0 aliphatic carbocycles. The summed E-state index contributed by atoms with van der Waals surface area (Å²) in [6, 6.07) is 0. The fourth-order valence-corrected chi connectivity index (χ4v) is 4.34. The molecule has 1 fully saturated rings. The van der Waals surface area contributed by atoms with Crippen LogP contribution >= 0.6 is 23.7 Å². The van der Waals surface area contributed by atoms with Gasteiger partial charge in [0.25, 0.3) is 5.91 Å². The van der Waals surface area contributed by atoms with Gasteiger partial charge in [0, 0.05) is 16.8 Å². The number of ether oxygens (including phenoxy) is 1. The average molecular weight is 427 g/mol. The number of carbonyl (C=O) groups excluding carboxylic acids is 2. The molecular formula is C19H27ClN4O3S. The Bertz CT molecular complexity index is 840. The van der Waals surface area contributed by atoms with Crippen LogP contribution in [-0.4, -0.2) is 41.0 Å². The van der Waals surface area contributed by atoms with Gasteiger partial charge in [-0.25, -0.2) is 9.78 Å². The van der Waals surface area contributed by atoms with Gasteiger partial charge in [-0.05, 0) is 65.1 Å². The number of hydrogen-bond donors (Lipinski definition) is 3. The van der Waals surface area contributed by atoms with Gasteiger partial charge in [0.15, 0.2) is 5.13 Å². The van der Waals surface area contributed by atoms with Gasteiger partial charge in [0.1, 0.15) is 5.69 Å². The summed E-state index contributed by atoms with van der Waals surface area (Å²) < 4.78 is 5.27. The number of nitrogens with one attached hydrogen (secondary N) is 3. The zero-order chi connectivity index (χ0) is 19.6. The van der Waals surface area contributed by atoms with E-state index in [1.54, 1.807) is 27.7 Å². The van der Waals surface area contributed by atoms with Crippen molar-refractivity contribution in [3.63, 3.8) is 0 Å². The molecule has 9 heteroatoms. The first-order valence-corrected chi connectivity index (χ1v) is 10.1. The maximum absolute atomic E-state index is 12.7. The number of aromatic nitrogens is 2. The van der Waals surface area contributed by atoms with Crippen molar-refractivity contribution in [3.8, 4) is 0 Å². The lowest BCUT2D eigenvalue weighted by atomic mass is 9.97.